The molecule has 1 amide bonds. The first-order chi connectivity index (χ1) is 8.66. The van der Waals surface area contributed by atoms with E-state index >= 15 is 0 Å². The molecule has 1 heterocycles. The quantitative estimate of drug-likeness (QED) is 0.901. The van der Waals surface area contributed by atoms with Crippen LogP contribution in [-0.4, -0.2) is 18.5 Å². The van der Waals surface area contributed by atoms with Crippen molar-refractivity contribution in [1.82, 2.24) is 10.6 Å². The van der Waals surface area contributed by atoms with Gasteiger partial charge in [-0.3, -0.25) is 4.79 Å². The summed E-state index contributed by atoms with van der Waals surface area (Å²) in [6.45, 7) is 2.95. The molecule has 1 aliphatic heterocycles. The zero-order valence-corrected chi connectivity index (χ0v) is 12.2. The van der Waals surface area contributed by atoms with Gasteiger partial charge in [-0.15, -0.1) is 0 Å². The van der Waals surface area contributed by atoms with Crippen molar-refractivity contribution in [1.29, 1.82) is 0 Å². The third kappa shape index (κ3) is 3.56. The summed E-state index contributed by atoms with van der Waals surface area (Å²) in [5, 5.41) is 6.47. The monoisotopic (exact) mass is 310 g/mol. The molecule has 1 saturated heterocycles. The van der Waals surface area contributed by atoms with Crippen LogP contribution >= 0.6 is 15.9 Å². The van der Waals surface area contributed by atoms with E-state index < -0.39 is 0 Å². The van der Waals surface area contributed by atoms with Gasteiger partial charge in [0.25, 0.3) is 0 Å². The molecule has 2 rings (SSSR count). The summed E-state index contributed by atoms with van der Waals surface area (Å²) in [4.78, 5) is 11.5. The fraction of sp³-hybridized carbons (Fsp3) is 0.500. The van der Waals surface area contributed by atoms with E-state index in [2.05, 4.69) is 39.6 Å². The van der Waals surface area contributed by atoms with Crippen LogP contribution in [0.3, 0.4) is 0 Å². The molecule has 0 aliphatic carbocycles. The van der Waals surface area contributed by atoms with Crippen LogP contribution in [0.5, 0.6) is 0 Å². The molecular formula is C14H19BrN2O. The first kappa shape index (κ1) is 13.6. The Hall–Kier alpha value is -0.870. The molecule has 18 heavy (non-hydrogen) atoms. The Morgan fingerprint density at radius 1 is 1.44 bits per heavy atom. The topological polar surface area (TPSA) is 41.1 Å². The minimum atomic E-state index is 0.157. The van der Waals surface area contributed by atoms with Crippen molar-refractivity contribution in [3.8, 4) is 0 Å². The number of amides is 1. The molecule has 1 aromatic carbocycles. The first-order valence-electron chi connectivity index (χ1n) is 6.44. The Morgan fingerprint density at radius 3 is 3.00 bits per heavy atom. The second-order valence-electron chi connectivity index (χ2n) is 4.80. The van der Waals surface area contributed by atoms with Gasteiger partial charge in [-0.1, -0.05) is 34.1 Å². The summed E-state index contributed by atoms with van der Waals surface area (Å²) >= 11 is 3.57. The highest BCUT2D eigenvalue weighted by Gasteiger charge is 2.20. The van der Waals surface area contributed by atoms with Crippen molar-refractivity contribution in [2.24, 2.45) is 0 Å². The SMILES string of the molecule is C[C@H](NC1CCCNC(=O)C1)c1ccccc1Br. The van der Waals surface area contributed by atoms with Crippen LogP contribution in [0, 0.1) is 0 Å². The summed E-state index contributed by atoms with van der Waals surface area (Å²) in [6.07, 6.45) is 2.68. The highest BCUT2D eigenvalue weighted by molar-refractivity contribution is 9.10. The van der Waals surface area contributed by atoms with Crippen LogP contribution < -0.4 is 10.6 Å². The third-order valence-corrected chi connectivity index (χ3v) is 4.06. The lowest BCUT2D eigenvalue weighted by atomic mass is 10.0. The molecule has 1 aliphatic rings. The molecule has 0 radical (unpaired) electrons. The van der Waals surface area contributed by atoms with E-state index in [4.69, 9.17) is 0 Å². The number of nitrogens with one attached hydrogen (secondary N) is 2. The maximum Gasteiger partial charge on any atom is 0.221 e. The Balaban J connectivity index is 2.00. The molecule has 0 spiro atoms. The molecule has 98 valence electrons. The zero-order chi connectivity index (χ0) is 13.0. The van der Waals surface area contributed by atoms with Gasteiger partial charge in [0.1, 0.15) is 0 Å². The van der Waals surface area contributed by atoms with Gasteiger partial charge in [0.2, 0.25) is 5.91 Å². The number of halogens is 1. The van der Waals surface area contributed by atoms with Crippen LogP contribution in [0.2, 0.25) is 0 Å². The van der Waals surface area contributed by atoms with Gasteiger partial charge in [-0.2, -0.15) is 0 Å². The van der Waals surface area contributed by atoms with Crippen molar-refractivity contribution in [2.45, 2.75) is 38.3 Å². The standard InChI is InChI=1S/C14H19BrN2O/c1-10(12-6-2-3-7-13(12)15)17-11-5-4-8-16-14(18)9-11/h2-3,6-7,10-11,17H,4-5,8-9H2,1H3,(H,16,18)/t10-,11?/m0/s1. The van der Waals surface area contributed by atoms with E-state index in [1.165, 1.54) is 5.56 Å². The Morgan fingerprint density at radius 2 is 2.22 bits per heavy atom. The molecule has 4 heteroatoms. The number of carbonyl (C=O) groups is 1. The van der Waals surface area contributed by atoms with Gasteiger partial charge in [0, 0.05) is 29.5 Å². The lowest BCUT2D eigenvalue weighted by Gasteiger charge is -2.22. The Labute approximate surface area is 116 Å². The van der Waals surface area contributed by atoms with Gasteiger partial charge in [-0.25, -0.2) is 0 Å². The van der Waals surface area contributed by atoms with Gasteiger partial charge in [0.15, 0.2) is 0 Å². The minimum absolute atomic E-state index is 0.157. The summed E-state index contributed by atoms with van der Waals surface area (Å²) in [6, 6.07) is 8.73. The minimum Gasteiger partial charge on any atom is -0.356 e. The van der Waals surface area contributed by atoms with Crippen LogP contribution in [0.15, 0.2) is 28.7 Å². The second-order valence-corrected chi connectivity index (χ2v) is 5.66. The van der Waals surface area contributed by atoms with E-state index in [1.54, 1.807) is 0 Å². The summed E-state index contributed by atoms with van der Waals surface area (Å²) in [7, 11) is 0. The molecule has 0 aromatic heterocycles. The zero-order valence-electron chi connectivity index (χ0n) is 10.6. The second kappa shape index (κ2) is 6.34. The summed E-state index contributed by atoms with van der Waals surface area (Å²) < 4.78 is 1.11. The molecule has 1 unspecified atom stereocenters. The van der Waals surface area contributed by atoms with Crippen molar-refractivity contribution < 1.29 is 4.79 Å². The van der Waals surface area contributed by atoms with Crippen LogP contribution in [-0.2, 0) is 4.79 Å². The van der Waals surface area contributed by atoms with Crippen LogP contribution in [0.25, 0.3) is 0 Å². The molecule has 2 N–H and O–H groups in total. The van der Waals surface area contributed by atoms with Crippen molar-refractivity contribution in [2.75, 3.05) is 6.54 Å². The smallest absolute Gasteiger partial charge is 0.221 e. The average molecular weight is 311 g/mol. The predicted molar refractivity (Wildman–Crippen MR) is 76.3 cm³/mol. The number of hydrogen-bond acceptors (Lipinski definition) is 2. The number of hydrogen-bond donors (Lipinski definition) is 2. The van der Waals surface area contributed by atoms with Gasteiger partial charge in [-0.05, 0) is 31.4 Å². The molecule has 2 atom stereocenters. The predicted octanol–water partition coefficient (Wildman–Crippen LogP) is 2.77. The molecule has 0 bridgehead atoms. The highest BCUT2D eigenvalue weighted by Crippen LogP contribution is 2.24. The molecule has 3 nitrogen and oxygen atoms in total. The largest absolute Gasteiger partial charge is 0.356 e. The first-order valence-corrected chi connectivity index (χ1v) is 7.23. The van der Waals surface area contributed by atoms with Crippen LogP contribution in [0.4, 0.5) is 0 Å². The number of rotatable bonds is 3. The molecule has 1 fully saturated rings. The highest BCUT2D eigenvalue weighted by atomic mass is 79.9. The fourth-order valence-corrected chi connectivity index (χ4v) is 3.01. The van der Waals surface area contributed by atoms with E-state index in [0.29, 0.717) is 6.42 Å². The lowest BCUT2D eigenvalue weighted by Crippen LogP contribution is -2.34. The number of benzene rings is 1. The van der Waals surface area contributed by atoms with Gasteiger partial charge >= 0.3 is 0 Å². The van der Waals surface area contributed by atoms with Crippen molar-refractivity contribution in [3.05, 3.63) is 34.3 Å². The average Bonchev–Trinajstić information content (AvgIpc) is 2.54. The van der Waals surface area contributed by atoms with E-state index in [0.717, 1.165) is 23.9 Å². The molecule has 0 saturated carbocycles. The van der Waals surface area contributed by atoms with Gasteiger partial charge in [0.05, 0.1) is 0 Å². The molecular weight excluding hydrogens is 292 g/mol. The van der Waals surface area contributed by atoms with Crippen molar-refractivity contribution >= 4 is 21.8 Å². The van der Waals surface area contributed by atoms with Gasteiger partial charge < -0.3 is 10.6 Å². The lowest BCUT2D eigenvalue weighted by molar-refractivity contribution is -0.121. The number of carbonyl (C=O) groups excluding carboxylic acids is 1. The maximum atomic E-state index is 11.5. The summed E-state index contributed by atoms with van der Waals surface area (Å²) in [5.74, 6) is 0.157. The normalized spacial score (nSPS) is 22.1. The molecule has 1 aromatic rings. The fourth-order valence-electron chi connectivity index (χ4n) is 2.39. The summed E-state index contributed by atoms with van der Waals surface area (Å²) in [5.41, 5.74) is 1.24. The van der Waals surface area contributed by atoms with E-state index in [9.17, 15) is 4.79 Å². The van der Waals surface area contributed by atoms with Crippen LogP contribution in [0.1, 0.15) is 37.8 Å². The van der Waals surface area contributed by atoms with E-state index in [1.807, 2.05) is 18.2 Å². The van der Waals surface area contributed by atoms with Crippen molar-refractivity contribution in [3.63, 3.8) is 0 Å². The van der Waals surface area contributed by atoms with E-state index in [-0.39, 0.29) is 18.0 Å². The Kier molecular flexibility index (Phi) is 4.78. The Bertz CT molecular complexity index is 422. The third-order valence-electron chi connectivity index (χ3n) is 3.34. The maximum absolute atomic E-state index is 11.5.